The van der Waals surface area contributed by atoms with Gasteiger partial charge in [0.05, 0.1) is 0 Å². The van der Waals surface area contributed by atoms with Crippen LogP contribution < -0.4 is 10.6 Å². The van der Waals surface area contributed by atoms with E-state index in [1.807, 2.05) is 30.3 Å². The van der Waals surface area contributed by atoms with E-state index in [1.165, 1.54) is 18.7 Å². The number of carbonyl (C=O) groups excluding carboxylic acids is 2. The van der Waals surface area contributed by atoms with Crippen molar-refractivity contribution < 1.29 is 19.5 Å². The van der Waals surface area contributed by atoms with E-state index in [-0.39, 0.29) is 11.5 Å². The Morgan fingerprint density at radius 2 is 1.45 bits per heavy atom. The monoisotopic (exact) mass is 480 g/mol. The van der Waals surface area contributed by atoms with Crippen molar-refractivity contribution in [1.82, 2.24) is 0 Å². The molecule has 0 aromatic heterocycles. The Hall–Kier alpha value is -3.55. The Bertz CT molecular complexity index is 1160. The SMILES string of the molecule is C/C(=C/C(=O)Nc1ccc(S[C@H](C(=O)Nc2ccc(Cl)cc2)c2ccccc2)cc1)C(=O)O. The van der Waals surface area contributed by atoms with Crippen LogP contribution in [-0.2, 0) is 14.4 Å². The quantitative estimate of drug-likeness (QED) is 0.280. The van der Waals surface area contributed by atoms with Gasteiger partial charge in [0.25, 0.3) is 0 Å². The van der Waals surface area contributed by atoms with Crippen LogP contribution in [0.1, 0.15) is 17.7 Å². The molecule has 3 aromatic carbocycles. The van der Waals surface area contributed by atoms with Crippen molar-refractivity contribution in [3.63, 3.8) is 0 Å². The highest BCUT2D eigenvalue weighted by Gasteiger charge is 2.22. The fraction of sp³-hybridized carbons (Fsp3) is 0.0800. The molecule has 0 unspecified atom stereocenters. The summed E-state index contributed by atoms with van der Waals surface area (Å²) in [6.07, 6.45) is 1.03. The molecule has 0 fully saturated rings. The Kier molecular flexibility index (Phi) is 8.29. The molecule has 168 valence electrons. The maximum Gasteiger partial charge on any atom is 0.331 e. The van der Waals surface area contributed by atoms with Crippen molar-refractivity contribution in [2.24, 2.45) is 0 Å². The first-order chi connectivity index (χ1) is 15.8. The number of benzene rings is 3. The topological polar surface area (TPSA) is 95.5 Å². The number of carboxylic acids is 1. The summed E-state index contributed by atoms with van der Waals surface area (Å²) in [4.78, 5) is 36.7. The van der Waals surface area contributed by atoms with Crippen LogP contribution in [0.5, 0.6) is 0 Å². The fourth-order valence-corrected chi connectivity index (χ4v) is 3.98. The van der Waals surface area contributed by atoms with Gasteiger partial charge in [-0.1, -0.05) is 41.9 Å². The maximum absolute atomic E-state index is 13.1. The molecule has 0 spiro atoms. The van der Waals surface area contributed by atoms with E-state index < -0.39 is 17.1 Å². The average molecular weight is 481 g/mol. The molecule has 0 radical (unpaired) electrons. The molecule has 8 heteroatoms. The van der Waals surface area contributed by atoms with E-state index in [4.69, 9.17) is 16.7 Å². The number of nitrogens with one attached hydrogen (secondary N) is 2. The molecule has 0 bridgehead atoms. The largest absolute Gasteiger partial charge is 0.478 e. The van der Waals surface area contributed by atoms with Crippen LogP contribution in [-0.4, -0.2) is 22.9 Å². The summed E-state index contributed by atoms with van der Waals surface area (Å²) in [5.41, 5.74) is 1.95. The normalized spacial score (nSPS) is 12.0. The molecule has 3 N–H and O–H groups in total. The molecule has 3 rings (SSSR count). The minimum absolute atomic E-state index is 0.0583. The molecular weight excluding hydrogens is 460 g/mol. The van der Waals surface area contributed by atoms with Crippen molar-refractivity contribution in [3.8, 4) is 0 Å². The van der Waals surface area contributed by atoms with Gasteiger partial charge in [0, 0.05) is 32.9 Å². The van der Waals surface area contributed by atoms with Gasteiger partial charge in [0.1, 0.15) is 5.25 Å². The summed E-state index contributed by atoms with van der Waals surface area (Å²) in [6, 6.07) is 23.3. The van der Waals surface area contributed by atoms with Crippen molar-refractivity contribution in [3.05, 3.63) is 101 Å². The first-order valence-electron chi connectivity index (χ1n) is 9.92. The third kappa shape index (κ3) is 7.24. The zero-order chi connectivity index (χ0) is 23.8. The number of amides is 2. The second kappa shape index (κ2) is 11.4. The van der Waals surface area contributed by atoms with Crippen LogP contribution in [0.4, 0.5) is 11.4 Å². The molecule has 0 aliphatic heterocycles. The van der Waals surface area contributed by atoms with Gasteiger partial charge < -0.3 is 15.7 Å². The van der Waals surface area contributed by atoms with E-state index in [0.717, 1.165) is 16.5 Å². The number of rotatable bonds is 8. The van der Waals surface area contributed by atoms with Gasteiger partial charge in [0.2, 0.25) is 11.8 Å². The fourth-order valence-electron chi connectivity index (χ4n) is 2.83. The summed E-state index contributed by atoms with van der Waals surface area (Å²) < 4.78 is 0. The highest BCUT2D eigenvalue weighted by molar-refractivity contribution is 8.00. The van der Waals surface area contributed by atoms with E-state index in [1.54, 1.807) is 48.5 Å². The molecule has 0 saturated carbocycles. The number of halogens is 1. The van der Waals surface area contributed by atoms with E-state index in [9.17, 15) is 14.4 Å². The second-order valence-electron chi connectivity index (χ2n) is 7.05. The van der Waals surface area contributed by atoms with Crippen LogP contribution in [0.2, 0.25) is 5.02 Å². The Morgan fingerprint density at radius 3 is 2.06 bits per heavy atom. The third-order valence-corrected chi connectivity index (χ3v) is 6.03. The number of carbonyl (C=O) groups is 3. The van der Waals surface area contributed by atoms with Gasteiger partial charge in [0.15, 0.2) is 0 Å². The molecule has 2 amide bonds. The lowest BCUT2D eigenvalue weighted by Gasteiger charge is -2.17. The van der Waals surface area contributed by atoms with Gasteiger partial charge >= 0.3 is 5.97 Å². The minimum Gasteiger partial charge on any atom is -0.478 e. The Balaban J connectivity index is 1.74. The second-order valence-corrected chi connectivity index (χ2v) is 8.67. The van der Waals surface area contributed by atoms with Crippen molar-refractivity contribution in [1.29, 1.82) is 0 Å². The van der Waals surface area contributed by atoms with Crippen LogP contribution in [0.25, 0.3) is 0 Å². The maximum atomic E-state index is 13.1. The highest BCUT2D eigenvalue weighted by Crippen LogP contribution is 2.36. The molecule has 33 heavy (non-hydrogen) atoms. The molecule has 3 aromatic rings. The molecule has 0 heterocycles. The zero-order valence-corrected chi connectivity index (χ0v) is 19.2. The number of aliphatic carboxylic acids is 1. The van der Waals surface area contributed by atoms with Gasteiger partial charge in [-0.25, -0.2) is 4.79 Å². The summed E-state index contributed by atoms with van der Waals surface area (Å²) in [5, 5.41) is 14.5. The highest BCUT2D eigenvalue weighted by atomic mass is 35.5. The van der Waals surface area contributed by atoms with Crippen molar-refractivity contribution in [2.75, 3.05) is 10.6 Å². The first-order valence-corrected chi connectivity index (χ1v) is 11.2. The lowest BCUT2D eigenvalue weighted by molar-refractivity contribution is -0.132. The minimum atomic E-state index is -1.15. The summed E-state index contributed by atoms with van der Waals surface area (Å²) in [7, 11) is 0. The van der Waals surface area contributed by atoms with E-state index in [0.29, 0.717) is 16.4 Å². The first kappa shape index (κ1) is 24.1. The number of carboxylic acid groups (broad SMARTS) is 1. The summed E-state index contributed by atoms with van der Waals surface area (Å²) in [5.74, 6) is -1.86. The third-order valence-electron chi connectivity index (χ3n) is 4.51. The molecule has 6 nitrogen and oxygen atoms in total. The van der Waals surface area contributed by atoms with E-state index in [2.05, 4.69) is 10.6 Å². The lowest BCUT2D eigenvalue weighted by Crippen LogP contribution is -2.19. The number of thioether (sulfide) groups is 1. The van der Waals surface area contributed by atoms with Crippen LogP contribution in [0, 0.1) is 0 Å². The number of hydrogen-bond acceptors (Lipinski definition) is 4. The van der Waals surface area contributed by atoms with Gasteiger partial charge in [-0.15, -0.1) is 11.8 Å². The predicted molar refractivity (Wildman–Crippen MR) is 132 cm³/mol. The standard InChI is InChI=1S/C25H21ClN2O4S/c1-16(25(31)32)15-22(29)27-19-11-13-21(14-12-19)33-23(17-5-3-2-4-6-17)24(30)28-20-9-7-18(26)8-10-20/h2-15,23H,1H3,(H,27,29)(H,28,30)(H,31,32)/b16-15-/t23-/m0/s1. The zero-order valence-electron chi connectivity index (χ0n) is 17.6. The molecular formula is C25H21ClN2O4S. The molecule has 0 aliphatic carbocycles. The van der Waals surface area contributed by atoms with Crippen molar-refractivity contribution >= 4 is 52.5 Å². The summed E-state index contributed by atoms with van der Waals surface area (Å²) >= 11 is 7.30. The molecule has 1 atom stereocenters. The molecule has 0 saturated heterocycles. The average Bonchev–Trinajstić information content (AvgIpc) is 2.80. The Morgan fingerprint density at radius 1 is 0.879 bits per heavy atom. The molecule has 0 aliphatic rings. The van der Waals surface area contributed by atoms with Gasteiger partial charge in [-0.3, -0.25) is 9.59 Å². The number of hydrogen-bond donors (Lipinski definition) is 3. The van der Waals surface area contributed by atoms with Crippen LogP contribution >= 0.6 is 23.4 Å². The van der Waals surface area contributed by atoms with Gasteiger partial charge in [-0.2, -0.15) is 0 Å². The summed E-state index contributed by atoms with van der Waals surface area (Å²) in [6.45, 7) is 1.35. The smallest absolute Gasteiger partial charge is 0.331 e. The van der Waals surface area contributed by atoms with Crippen LogP contribution in [0.3, 0.4) is 0 Å². The Labute approximate surface area is 200 Å². The number of anilines is 2. The lowest BCUT2D eigenvalue weighted by atomic mass is 10.1. The van der Waals surface area contributed by atoms with Crippen LogP contribution in [0.15, 0.2) is 95.4 Å². The predicted octanol–water partition coefficient (Wildman–Crippen LogP) is 5.78. The van der Waals surface area contributed by atoms with Crippen molar-refractivity contribution in [2.45, 2.75) is 17.1 Å². The van der Waals surface area contributed by atoms with E-state index >= 15 is 0 Å². The van der Waals surface area contributed by atoms with Gasteiger partial charge in [-0.05, 0) is 61.0 Å².